The first-order valence-electron chi connectivity index (χ1n) is 5.81. The minimum Gasteiger partial charge on any atom is -0.383 e. The van der Waals surface area contributed by atoms with Crippen molar-refractivity contribution < 1.29 is 13.7 Å². The van der Waals surface area contributed by atoms with Crippen molar-refractivity contribution in [3.05, 3.63) is 40.2 Å². The fourth-order valence-corrected chi connectivity index (χ4v) is 1.94. The van der Waals surface area contributed by atoms with E-state index in [9.17, 15) is 4.39 Å². The largest absolute Gasteiger partial charge is 0.383 e. The van der Waals surface area contributed by atoms with Crippen molar-refractivity contribution >= 4 is 15.9 Å². The fraction of sp³-hybridized carbons (Fsp3) is 0.308. The van der Waals surface area contributed by atoms with Gasteiger partial charge in [-0.05, 0) is 18.2 Å². The molecule has 1 heterocycles. The molecule has 0 bridgehead atoms. The highest BCUT2D eigenvalue weighted by atomic mass is 79.9. The van der Waals surface area contributed by atoms with Crippen molar-refractivity contribution in [1.29, 1.82) is 0 Å². The number of halogens is 2. The molecule has 4 nitrogen and oxygen atoms in total. The van der Waals surface area contributed by atoms with Crippen LogP contribution in [0.3, 0.4) is 0 Å². The van der Waals surface area contributed by atoms with Gasteiger partial charge in [-0.1, -0.05) is 21.1 Å². The summed E-state index contributed by atoms with van der Waals surface area (Å²) < 4.78 is 24.5. The van der Waals surface area contributed by atoms with Gasteiger partial charge in [0.15, 0.2) is 5.76 Å². The maximum absolute atomic E-state index is 13.7. The maximum atomic E-state index is 13.7. The Kier molecular flexibility index (Phi) is 5.07. The molecule has 19 heavy (non-hydrogen) atoms. The average molecular weight is 329 g/mol. The Balaban J connectivity index is 2.04. The van der Waals surface area contributed by atoms with E-state index in [1.165, 1.54) is 6.07 Å². The summed E-state index contributed by atoms with van der Waals surface area (Å²) in [4.78, 5) is 0. The lowest BCUT2D eigenvalue weighted by Gasteiger charge is -1.99. The van der Waals surface area contributed by atoms with Gasteiger partial charge in [-0.2, -0.15) is 0 Å². The molecule has 0 radical (unpaired) electrons. The molecule has 102 valence electrons. The molecule has 0 atom stereocenters. The third-order valence-corrected chi connectivity index (χ3v) is 3.04. The maximum Gasteiger partial charge on any atom is 0.170 e. The third kappa shape index (κ3) is 3.86. The molecule has 6 heteroatoms. The van der Waals surface area contributed by atoms with Crippen LogP contribution >= 0.6 is 15.9 Å². The quantitative estimate of drug-likeness (QED) is 0.828. The first-order chi connectivity index (χ1) is 9.20. The molecule has 2 rings (SSSR count). The first kappa shape index (κ1) is 14.2. The molecule has 0 spiro atoms. The van der Waals surface area contributed by atoms with Gasteiger partial charge < -0.3 is 14.6 Å². The van der Waals surface area contributed by atoms with Crippen molar-refractivity contribution in [2.75, 3.05) is 20.3 Å². The van der Waals surface area contributed by atoms with Gasteiger partial charge in [-0.3, -0.25) is 0 Å². The highest BCUT2D eigenvalue weighted by Gasteiger charge is 2.11. The van der Waals surface area contributed by atoms with E-state index in [0.717, 1.165) is 12.2 Å². The number of nitrogens with zero attached hydrogens (tertiary/aromatic N) is 1. The molecule has 0 aliphatic heterocycles. The standard InChI is InChI=1S/C13H14BrFN2O2/c1-18-5-4-16-8-10-7-13(19-17-10)11-3-2-9(14)6-12(11)15/h2-3,6-7,16H,4-5,8H2,1H3. The molecule has 1 aromatic carbocycles. The van der Waals surface area contributed by atoms with Crippen LogP contribution in [0.4, 0.5) is 4.39 Å². The number of aromatic nitrogens is 1. The molecule has 0 saturated heterocycles. The molecule has 1 N–H and O–H groups in total. The van der Waals surface area contributed by atoms with E-state index in [1.807, 2.05) is 0 Å². The van der Waals surface area contributed by atoms with Crippen LogP contribution in [0.25, 0.3) is 11.3 Å². The first-order valence-corrected chi connectivity index (χ1v) is 6.60. The van der Waals surface area contributed by atoms with Crippen LogP contribution < -0.4 is 5.32 Å². The Morgan fingerprint density at radius 1 is 1.42 bits per heavy atom. The summed E-state index contributed by atoms with van der Waals surface area (Å²) in [5, 5.41) is 7.04. The fourth-order valence-electron chi connectivity index (χ4n) is 1.60. The number of methoxy groups -OCH3 is 1. The summed E-state index contributed by atoms with van der Waals surface area (Å²) in [6.45, 7) is 1.92. The van der Waals surface area contributed by atoms with E-state index in [-0.39, 0.29) is 5.82 Å². The summed E-state index contributed by atoms with van der Waals surface area (Å²) in [5.74, 6) is 0.0814. The van der Waals surface area contributed by atoms with Crippen LogP contribution in [0, 0.1) is 5.82 Å². The zero-order valence-electron chi connectivity index (χ0n) is 10.5. The van der Waals surface area contributed by atoms with Gasteiger partial charge in [0, 0.05) is 30.7 Å². The lowest BCUT2D eigenvalue weighted by molar-refractivity contribution is 0.199. The number of rotatable bonds is 6. The minimum absolute atomic E-state index is 0.343. The second kappa shape index (κ2) is 6.79. The van der Waals surface area contributed by atoms with E-state index < -0.39 is 0 Å². The number of benzene rings is 1. The molecule has 1 aromatic heterocycles. The summed E-state index contributed by atoms with van der Waals surface area (Å²) in [7, 11) is 1.65. The summed E-state index contributed by atoms with van der Waals surface area (Å²) in [5.41, 5.74) is 1.13. The highest BCUT2D eigenvalue weighted by molar-refractivity contribution is 9.10. The van der Waals surface area contributed by atoms with Crippen LogP contribution in [0.2, 0.25) is 0 Å². The van der Waals surface area contributed by atoms with Crippen molar-refractivity contribution in [2.24, 2.45) is 0 Å². The Bertz CT molecular complexity index is 545. The Morgan fingerprint density at radius 3 is 3.00 bits per heavy atom. The second-order valence-corrected chi connectivity index (χ2v) is 4.89. The topological polar surface area (TPSA) is 47.3 Å². The Labute approximate surface area is 119 Å². The van der Waals surface area contributed by atoms with Crippen molar-refractivity contribution in [3.63, 3.8) is 0 Å². The summed E-state index contributed by atoms with van der Waals surface area (Å²) >= 11 is 3.21. The minimum atomic E-state index is -0.343. The van der Waals surface area contributed by atoms with Gasteiger partial charge in [0.1, 0.15) is 5.82 Å². The smallest absolute Gasteiger partial charge is 0.170 e. The second-order valence-electron chi connectivity index (χ2n) is 3.98. The lowest BCUT2D eigenvalue weighted by atomic mass is 10.1. The van der Waals surface area contributed by atoms with Gasteiger partial charge >= 0.3 is 0 Å². The molecular weight excluding hydrogens is 315 g/mol. The molecule has 0 fully saturated rings. The van der Waals surface area contributed by atoms with E-state index >= 15 is 0 Å². The molecule has 2 aromatic rings. The number of hydrogen-bond donors (Lipinski definition) is 1. The zero-order valence-corrected chi connectivity index (χ0v) is 12.0. The average Bonchev–Trinajstić information content (AvgIpc) is 2.83. The highest BCUT2D eigenvalue weighted by Crippen LogP contribution is 2.26. The molecule has 0 saturated carbocycles. The molecule has 0 amide bonds. The number of nitrogens with one attached hydrogen (secondary N) is 1. The van der Waals surface area contributed by atoms with Crippen molar-refractivity contribution in [1.82, 2.24) is 10.5 Å². The Hall–Kier alpha value is -1.24. The molecule has 0 aliphatic carbocycles. The Morgan fingerprint density at radius 2 is 2.26 bits per heavy atom. The van der Waals surface area contributed by atoms with Crippen LogP contribution in [0.1, 0.15) is 5.69 Å². The third-order valence-electron chi connectivity index (χ3n) is 2.54. The number of ether oxygens (including phenoxy) is 1. The normalized spacial score (nSPS) is 10.9. The van der Waals surface area contributed by atoms with E-state index in [2.05, 4.69) is 26.4 Å². The van der Waals surface area contributed by atoms with Crippen LogP contribution in [0.5, 0.6) is 0 Å². The van der Waals surface area contributed by atoms with Crippen LogP contribution in [-0.4, -0.2) is 25.4 Å². The lowest BCUT2D eigenvalue weighted by Crippen LogP contribution is -2.18. The van der Waals surface area contributed by atoms with E-state index in [0.29, 0.717) is 28.9 Å². The van der Waals surface area contributed by atoms with Crippen molar-refractivity contribution in [3.8, 4) is 11.3 Å². The van der Waals surface area contributed by atoms with Gasteiger partial charge in [-0.25, -0.2) is 4.39 Å². The molecule has 0 unspecified atom stereocenters. The van der Waals surface area contributed by atoms with Gasteiger partial charge in [0.05, 0.1) is 17.9 Å². The predicted octanol–water partition coefficient (Wildman–Crippen LogP) is 2.98. The van der Waals surface area contributed by atoms with Crippen LogP contribution in [-0.2, 0) is 11.3 Å². The van der Waals surface area contributed by atoms with Gasteiger partial charge in [0.2, 0.25) is 0 Å². The predicted molar refractivity (Wildman–Crippen MR) is 73.2 cm³/mol. The van der Waals surface area contributed by atoms with Gasteiger partial charge in [-0.15, -0.1) is 0 Å². The summed E-state index contributed by atoms with van der Waals surface area (Å²) in [6.07, 6.45) is 0. The zero-order chi connectivity index (χ0) is 13.7. The van der Waals surface area contributed by atoms with Crippen molar-refractivity contribution in [2.45, 2.75) is 6.54 Å². The van der Waals surface area contributed by atoms with E-state index in [4.69, 9.17) is 9.26 Å². The van der Waals surface area contributed by atoms with Crippen LogP contribution in [0.15, 0.2) is 33.3 Å². The summed E-state index contributed by atoms with van der Waals surface area (Å²) in [6, 6.07) is 6.54. The number of hydrogen-bond acceptors (Lipinski definition) is 4. The van der Waals surface area contributed by atoms with Gasteiger partial charge in [0.25, 0.3) is 0 Å². The van der Waals surface area contributed by atoms with E-state index in [1.54, 1.807) is 25.3 Å². The molecule has 0 aliphatic rings. The monoisotopic (exact) mass is 328 g/mol. The SMILES string of the molecule is COCCNCc1cc(-c2ccc(Br)cc2F)on1. The molecular formula is C13H14BrFN2O2.